The molecule has 2 N–H and O–H groups in total. The monoisotopic (exact) mass is 243 g/mol. The average Bonchev–Trinajstić information content (AvgIpc) is 2.34. The van der Waals surface area contributed by atoms with Gasteiger partial charge >= 0.3 is 0 Å². The highest BCUT2D eigenvalue weighted by atomic mass is 32.2. The summed E-state index contributed by atoms with van der Waals surface area (Å²) < 4.78 is 0. The maximum Gasteiger partial charge on any atom is 0.00899 e. The molecule has 0 heterocycles. The molecule has 0 amide bonds. The third-order valence-corrected chi connectivity index (χ3v) is 5.53. The number of hydrogen-bond donors (Lipinski definition) is 1. The lowest BCUT2D eigenvalue weighted by molar-refractivity contribution is 0.283. The van der Waals surface area contributed by atoms with Crippen molar-refractivity contribution in [1.29, 1.82) is 0 Å². The van der Waals surface area contributed by atoms with Crippen molar-refractivity contribution in [3.05, 3.63) is 0 Å². The van der Waals surface area contributed by atoms with E-state index in [0.29, 0.717) is 0 Å². The van der Waals surface area contributed by atoms with Gasteiger partial charge in [0.05, 0.1) is 0 Å². The van der Waals surface area contributed by atoms with Gasteiger partial charge in [-0.3, -0.25) is 0 Å². The second kappa shape index (κ2) is 8.41. The van der Waals surface area contributed by atoms with Crippen LogP contribution in [0.5, 0.6) is 0 Å². The fourth-order valence-corrected chi connectivity index (χ4v) is 4.31. The van der Waals surface area contributed by atoms with Gasteiger partial charge in [0.1, 0.15) is 0 Å². The first-order valence-corrected chi connectivity index (χ1v) is 8.18. The highest BCUT2D eigenvalue weighted by molar-refractivity contribution is 7.99. The molecule has 0 aromatic rings. The summed E-state index contributed by atoms with van der Waals surface area (Å²) in [6.45, 7) is 5.52. The maximum absolute atomic E-state index is 5.90. The van der Waals surface area contributed by atoms with Crippen LogP contribution in [0.15, 0.2) is 0 Å². The standard InChI is InChI=1S/C14H29NS/c1-3-5-6-9-16-14-10-12(4-2)7-8-13(14)11-15/h12-14H,3-11,15H2,1-2H3. The summed E-state index contributed by atoms with van der Waals surface area (Å²) in [5, 5.41) is 0.862. The second-order valence-electron chi connectivity index (χ2n) is 5.20. The Morgan fingerprint density at radius 2 is 2.00 bits per heavy atom. The number of unbranched alkanes of at least 4 members (excludes halogenated alkanes) is 2. The summed E-state index contributed by atoms with van der Waals surface area (Å²) in [5.41, 5.74) is 5.90. The van der Waals surface area contributed by atoms with E-state index in [1.54, 1.807) is 0 Å². The molecule has 0 spiro atoms. The summed E-state index contributed by atoms with van der Waals surface area (Å²) in [6, 6.07) is 0. The molecular formula is C14H29NS. The first kappa shape index (κ1) is 14.4. The predicted octanol–water partition coefficient (Wildman–Crippen LogP) is 4.06. The van der Waals surface area contributed by atoms with E-state index in [2.05, 4.69) is 25.6 Å². The quantitative estimate of drug-likeness (QED) is 0.682. The highest BCUT2D eigenvalue weighted by Crippen LogP contribution is 2.37. The molecule has 1 aliphatic carbocycles. The van der Waals surface area contributed by atoms with E-state index in [0.717, 1.165) is 23.6 Å². The van der Waals surface area contributed by atoms with E-state index in [1.807, 2.05) is 0 Å². The van der Waals surface area contributed by atoms with Gasteiger partial charge in [-0.05, 0) is 43.4 Å². The predicted molar refractivity (Wildman–Crippen MR) is 75.9 cm³/mol. The fraction of sp³-hybridized carbons (Fsp3) is 1.00. The van der Waals surface area contributed by atoms with Crippen LogP contribution in [0.3, 0.4) is 0 Å². The number of nitrogens with two attached hydrogens (primary N) is 1. The molecule has 16 heavy (non-hydrogen) atoms. The third-order valence-electron chi connectivity index (χ3n) is 4.00. The molecule has 3 atom stereocenters. The first-order chi connectivity index (χ1) is 7.81. The molecule has 1 fully saturated rings. The van der Waals surface area contributed by atoms with Gasteiger partial charge in [-0.1, -0.05) is 39.5 Å². The Morgan fingerprint density at radius 3 is 2.62 bits per heavy atom. The van der Waals surface area contributed by atoms with Gasteiger partial charge in [-0.2, -0.15) is 11.8 Å². The maximum atomic E-state index is 5.90. The van der Waals surface area contributed by atoms with Gasteiger partial charge in [0, 0.05) is 5.25 Å². The molecule has 0 bridgehead atoms. The van der Waals surface area contributed by atoms with Crippen LogP contribution in [0, 0.1) is 11.8 Å². The van der Waals surface area contributed by atoms with Crippen LogP contribution in [-0.4, -0.2) is 17.5 Å². The zero-order valence-electron chi connectivity index (χ0n) is 11.1. The van der Waals surface area contributed by atoms with Gasteiger partial charge in [0.2, 0.25) is 0 Å². The van der Waals surface area contributed by atoms with Gasteiger partial charge in [-0.15, -0.1) is 0 Å². The Kier molecular flexibility index (Phi) is 7.55. The van der Waals surface area contributed by atoms with Crippen molar-refractivity contribution >= 4 is 11.8 Å². The highest BCUT2D eigenvalue weighted by Gasteiger charge is 2.28. The molecule has 3 unspecified atom stereocenters. The van der Waals surface area contributed by atoms with E-state index in [1.165, 1.54) is 50.7 Å². The Labute approximate surface area is 106 Å². The summed E-state index contributed by atoms with van der Waals surface area (Å²) in [7, 11) is 0. The summed E-state index contributed by atoms with van der Waals surface area (Å²) >= 11 is 2.21. The number of hydrogen-bond acceptors (Lipinski definition) is 2. The lowest BCUT2D eigenvalue weighted by Gasteiger charge is -2.35. The van der Waals surface area contributed by atoms with E-state index in [9.17, 15) is 0 Å². The molecule has 1 aliphatic rings. The smallest absolute Gasteiger partial charge is 0.00899 e. The minimum Gasteiger partial charge on any atom is -0.330 e. The van der Waals surface area contributed by atoms with Crippen LogP contribution in [0.2, 0.25) is 0 Å². The van der Waals surface area contributed by atoms with Crippen LogP contribution in [0.25, 0.3) is 0 Å². The van der Waals surface area contributed by atoms with Gasteiger partial charge in [-0.25, -0.2) is 0 Å². The van der Waals surface area contributed by atoms with E-state index < -0.39 is 0 Å². The van der Waals surface area contributed by atoms with Gasteiger partial charge < -0.3 is 5.73 Å². The van der Waals surface area contributed by atoms with Gasteiger partial charge in [0.15, 0.2) is 0 Å². The minimum absolute atomic E-state index is 0.800. The molecule has 1 nitrogen and oxygen atoms in total. The molecule has 0 aromatic carbocycles. The Bertz CT molecular complexity index is 172. The van der Waals surface area contributed by atoms with Crippen LogP contribution in [0.1, 0.15) is 58.8 Å². The average molecular weight is 243 g/mol. The van der Waals surface area contributed by atoms with Crippen molar-refractivity contribution < 1.29 is 0 Å². The van der Waals surface area contributed by atoms with Crippen molar-refractivity contribution in [2.24, 2.45) is 17.6 Å². The summed E-state index contributed by atoms with van der Waals surface area (Å²) in [4.78, 5) is 0. The zero-order valence-corrected chi connectivity index (χ0v) is 11.9. The van der Waals surface area contributed by atoms with Crippen LogP contribution in [-0.2, 0) is 0 Å². The van der Waals surface area contributed by atoms with E-state index in [-0.39, 0.29) is 0 Å². The number of rotatable bonds is 7. The molecule has 0 saturated heterocycles. The van der Waals surface area contributed by atoms with Crippen LogP contribution >= 0.6 is 11.8 Å². The van der Waals surface area contributed by atoms with E-state index >= 15 is 0 Å². The lowest BCUT2D eigenvalue weighted by atomic mass is 9.80. The molecule has 0 aliphatic heterocycles. The summed E-state index contributed by atoms with van der Waals surface area (Å²) in [6.07, 6.45) is 9.71. The van der Waals surface area contributed by atoms with E-state index in [4.69, 9.17) is 5.73 Å². The molecule has 96 valence electrons. The Morgan fingerprint density at radius 1 is 1.19 bits per heavy atom. The molecular weight excluding hydrogens is 214 g/mol. The Hall–Kier alpha value is 0.310. The SMILES string of the molecule is CCCCCSC1CC(CC)CCC1CN. The molecule has 1 saturated carbocycles. The van der Waals surface area contributed by atoms with Crippen molar-refractivity contribution in [2.45, 2.75) is 64.0 Å². The molecule has 0 radical (unpaired) electrons. The van der Waals surface area contributed by atoms with Crippen molar-refractivity contribution in [3.63, 3.8) is 0 Å². The van der Waals surface area contributed by atoms with Crippen LogP contribution in [0.4, 0.5) is 0 Å². The van der Waals surface area contributed by atoms with Gasteiger partial charge in [0.25, 0.3) is 0 Å². The fourth-order valence-electron chi connectivity index (χ4n) is 2.71. The minimum atomic E-state index is 0.800. The second-order valence-corrected chi connectivity index (χ2v) is 6.55. The topological polar surface area (TPSA) is 26.0 Å². The molecule has 1 rings (SSSR count). The molecule has 2 heteroatoms. The first-order valence-electron chi connectivity index (χ1n) is 7.13. The normalized spacial score (nSPS) is 30.6. The Balaban J connectivity index is 2.27. The van der Waals surface area contributed by atoms with Crippen molar-refractivity contribution in [1.82, 2.24) is 0 Å². The third kappa shape index (κ3) is 4.67. The number of thioether (sulfide) groups is 1. The largest absolute Gasteiger partial charge is 0.330 e. The molecule has 0 aromatic heterocycles. The lowest BCUT2D eigenvalue weighted by Crippen LogP contribution is -2.32. The van der Waals surface area contributed by atoms with Crippen molar-refractivity contribution in [3.8, 4) is 0 Å². The zero-order chi connectivity index (χ0) is 11.8. The van der Waals surface area contributed by atoms with Crippen molar-refractivity contribution in [2.75, 3.05) is 12.3 Å². The summed E-state index contributed by atoms with van der Waals surface area (Å²) in [5.74, 6) is 3.13. The van der Waals surface area contributed by atoms with Crippen LogP contribution < -0.4 is 5.73 Å².